The van der Waals surface area contributed by atoms with Crippen molar-refractivity contribution in [2.45, 2.75) is 44.9 Å². The van der Waals surface area contributed by atoms with Crippen molar-refractivity contribution in [3.8, 4) is 0 Å². The van der Waals surface area contributed by atoms with Crippen LogP contribution in [0.3, 0.4) is 0 Å². The lowest BCUT2D eigenvalue weighted by Gasteiger charge is -2.10. The maximum absolute atomic E-state index is 12.3. The third-order valence-electron chi connectivity index (χ3n) is 3.02. The zero-order chi connectivity index (χ0) is 15.6. The van der Waals surface area contributed by atoms with Crippen LogP contribution in [-0.4, -0.2) is 23.1 Å². The summed E-state index contributed by atoms with van der Waals surface area (Å²) in [5.74, 6) is 0. The molecule has 0 spiro atoms. The molecule has 0 unspecified atom stereocenters. The second-order valence-corrected chi connectivity index (χ2v) is 7.74. The number of thiazole rings is 1. The zero-order valence-electron chi connectivity index (χ0n) is 12.2. The molecule has 21 heavy (non-hydrogen) atoms. The first kappa shape index (κ1) is 16.2. The fourth-order valence-electron chi connectivity index (χ4n) is 1.97. The molecule has 2 rings (SSSR count). The molecule has 0 saturated carbocycles. The molecule has 0 aromatic carbocycles. The molecule has 2 aromatic rings. The van der Waals surface area contributed by atoms with Gasteiger partial charge in [0.15, 0.2) is 0 Å². The Hall–Kier alpha value is -1.22. The molecule has 0 aliphatic rings. The summed E-state index contributed by atoms with van der Waals surface area (Å²) in [5, 5.41) is 11.9. The Bertz CT molecular complexity index is 717. The zero-order valence-corrected chi connectivity index (χ0v) is 13.8. The van der Waals surface area contributed by atoms with E-state index in [4.69, 9.17) is 0 Å². The lowest BCUT2D eigenvalue weighted by atomic mass is 10.3. The van der Waals surface area contributed by atoms with Gasteiger partial charge in [-0.2, -0.15) is 0 Å². The fourth-order valence-corrected chi connectivity index (χ4v) is 3.81. The van der Waals surface area contributed by atoms with Gasteiger partial charge in [0.25, 0.3) is 0 Å². The van der Waals surface area contributed by atoms with E-state index >= 15 is 0 Å². The van der Waals surface area contributed by atoms with E-state index in [-0.39, 0.29) is 24.1 Å². The summed E-state index contributed by atoms with van der Waals surface area (Å²) in [6, 6.07) is 1.58. The van der Waals surface area contributed by atoms with Crippen LogP contribution in [0.4, 0.5) is 0 Å². The molecule has 0 saturated heterocycles. The Morgan fingerprint density at radius 2 is 2.19 bits per heavy atom. The maximum atomic E-state index is 12.3. The molecule has 0 aliphatic heterocycles. The van der Waals surface area contributed by atoms with Crippen LogP contribution in [0.1, 0.15) is 36.3 Å². The molecule has 0 atom stereocenters. The van der Waals surface area contributed by atoms with Gasteiger partial charge in [-0.3, -0.25) is 0 Å². The van der Waals surface area contributed by atoms with Crippen LogP contribution in [0.15, 0.2) is 22.5 Å². The smallest absolute Gasteiger partial charge is 0.242 e. The van der Waals surface area contributed by atoms with E-state index in [0.717, 1.165) is 10.7 Å². The Kier molecular flexibility index (Phi) is 4.82. The Morgan fingerprint density at radius 1 is 1.48 bits per heavy atom. The van der Waals surface area contributed by atoms with Crippen molar-refractivity contribution in [2.24, 2.45) is 0 Å². The summed E-state index contributed by atoms with van der Waals surface area (Å²) in [6.45, 7) is 5.70. The van der Waals surface area contributed by atoms with Gasteiger partial charge in [-0.15, -0.1) is 11.3 Å². The van der Waals surface area contributed by atoms with Gasteiger partial charge in [-0.25, -0.2) is 18.1 Å². The van der Waals surface area contributed by atoms with E-state index in [1.54, 1.807) is 10.8 Å². The van der Waals surface area contributed by atoms with Crippen molar-refractivity contribution in [1.29, 1.82) is 0 Å². The minimum atomic E-state index is -3.61. The van der Waals surface area contributed by atoms with Crippen molar-refractivity contribution < 1.29 is 13.5 Å². The molecule has 0 fully saturated rings. The summed E-state index contributed by atoms with van der Waals surface area (Å²) in [5.41, 5.74) is 1.46. The largest absolute Gasteiger partial charge is 0.390 e. The number of hydrogen-bond donors (Lipinski definition) is 2. The van der Waals surface area contributed by atoms with Crippen LogP contribution in [0, 0.1) is 6.92 Å². The Balaban J connectivity index is 2.19. The van der Waals surface area contributed by atoms with E-state index in [1.807, 2.05) is 26.2 Å². The van der Waals surface area contributed by atoms with Crippen molar-refractivity contribution in [1.82, 2.24) is 14.3 Å². The van der Waals surface area contributed by atoms with E-state index in [2.05, 4.69) is 9.71 Å². The second kappa shape index (κ2) is 6.27. The lowest BCUT2D eigenvalue weighted by Crippen LogP contribution is -2.22. The van der Waals surface area contributed by atoms with E-state index in [1.165, 1.54) is 17.4 Å². The summed E-state index contributed by atoms with van der Waals surface area (Å²) < 4.78 is 28.9. The average Bonchev–Trinajstić information content (AvgIpc) is 3.02. The monoisotopic (exact) mass is 329 g/mol. The number of hydrogen-bond acceptors (Lipinski definition) is 5. The first-order chi connectivity index (χ1) is 9.83. The summed E-state index contributed by atoms with van der Waals surface area (Å²) in [6.07, 6.45) is 1.55. The molecule has 6 nitrogen and oxygen atoms in total. The van der Waals surface area contributed by atoms with Crippen molar-refractivity contribution in [2.75, 3.05) is 0 Å². The molecule has 0 bridgehead atoms. The first-order valence-electron chi connectivity index (χ1n) is 6.55. The van der Waals surface area contributed by atoms with Crippen LogP contribution >= 0.6 is 11.3 Å². The average molecular weight is 329 g/mol. The molecule has 0 amide bonds. The highest BCUT2D eigenvalue weighted by Gasteiger charge is 2.19. The van der Waals surface area contributed by atoms with Crippen molar-refractivity contribution in [3.05, 3.63) is 34.0 Å². The molecular formula is C13H19N3O3S2. The summed E-state index contributed by atoms with van der Waals surface area (Å²) in [7, 11) is -3.61. The minimum absolute atomic E-state index is 0.0812. The van der Waals surface area contributed by atoms with Crippen molar-refractivity contribution in [3.63, 3.8) is 0 Å². The summed E-state index contributed by atoms with van der Waals surface area (Å²) in [4.78, 5) is 4.38. The van der Waals surface area contributed by atoms with E-state index in [0.29, 0.717) is 5.69 Å². The number of aliphatic hydroxyl groups is 1. The van der Waals surface area contributed by atoms with Crippen LogP contribution < -0.4 is 4.72 Å². The van der Waals surface area contributed by atoms with Gasteiger partial charge in [0.05, 0.1) is 18.0 Å². The number of aliphatic hydroxyl groups excluding tert-OH is 1. The first-order valence-corrected chi connectivity index (χ1v) is 8.92. The standard InChI is InChI=1S/C13H19N3O3S2/c1-9(2)16-6-12(4-11(16)7-17)21(18,19)14-5-13-15-10(3)8-20-13/h4,6,8-9,14,17H,5,7H2,1-3H3. The van der Waals surface area contributed by atoms with Gasteiger partial charge < -0.3 is 9.67 Å². The molecule has 0 aliphatic carbocycles. The van der Waals surface area contributed by atoms with E-state index in [9.17, 15) is 13.5 Å². The maximum Gasteiger partial charge on any atom is 0.242 e. The number of nitrogens with one attached hydrogen (secondary N) is 1. The van der Waals surface area contributed by atoms with Gasteiger partial charge in [0.1, 0.15) is 5.01 Å². The Morgan fingerprint density at radius 3 is 2.67 bits per heavy atom. The third kappa shape index (κ3) is 3.70. The normalized spacial score (nSPS) is 12.2. The van der Waals surface area contributed by atoms with Crippen LogP contribution in [0.25, 0.3) is 0 Å². The predicted octanol–water partition coefficient (Wildman–Crippen LogP) is 1.80. The van der Waals surface area contributed by atoms with Gasteiger partial charge in [0, 0.05) is 29.0 Å². The van der Waals surface area contributed by atoms with Crippen LogP contribution in [0.2, 0.25) is 0 Å². The van der Waals surface area contributed by atoms with Crippen LogP contribution in [0.5, 0.6) is 0 Å². The number of nitrogens with zero attached hydrogens (tertiary/aromatic N) is 2. The topological polar surface area (TPSA) is 84.2 Å². The highest BCUT2D eigenvalue weighted by Crippen LogP contribution is 2.19. The third-order valence-corrected chi connectivity index (χ3v) is 5.35. The molecule has 2 aromatic heterocycles. The highest BCUT2D eigenvalue weighted by atomic mass is 32.2. The molecule has 2 N–H and O–H groups in total. The van der Waals surface area contributed by atoms with Crippen molar-refractivity contribution >= 4 is 21.4 Å². The summed E-state index contributed by atoms with van der Waals surface area (Å²) >= 11 is 1.42. The fraction of sp³-hybridized carbons (Fsp3) is 0.462. The molecule has 116 valence electrons. The SMILES string of the molecule is Cc1csc(CNS(=O)(=O)c2cc(CO)n(C(C)C)c2)n1. The van der Waals surface area contributed by atoms with Gasteiger partial charge >= 0.3 is 0 Å². The highest BCUT2D eigenvalue weighted by molar-refractivity contribution is 7.89. The number of rotatable bonds is 6. The molecular weight excluding hydrogens is 310 g/mol. The lowest BCUT2D eigenvalue weighted by molar-refractivity contribution is 0.268. The predicted molar refractivity (Wildman–Crippen MR) is 81.6 cm³/mol. The number of aryl methyl sites for hydroxylation is 1. The quantitative estimate of drug-likeness (QED) is 0.846. The second-order valence-electron chi connectivity index (χ2n) is 5.03. The van der Waals surface area contributed by atoms with Gasteiger partial charge in [-0.05, 0) is 26.8 Å². The van der Waals surface area contributed by atoms with E-state index < -0.39 is 10.0 Å². The molecule has 2 heterocycles. The van der Waals surface area contributed by atoms with Gasteiger partial charge in [0.2, 0.25) is 10.0 Å². The Labute approximate surface area is 128 Å². The van der Waals surface area contributed by atoms with Gasteiger partial charge in [-0.1, -0.05) is 0 Å². The number of aromatic nitrogens is 2. The molecule has 8 heteroatoms. The minimum Gasteiger partial charge on any atom is -0.390 e. The molecule has 0 radical (unpaired) electrons. The van der Waals surface area contributed by atoms with Crippen LogP contribution in [-0.2, 0) is 23.2 Å². The number of sulfonamides is 1.